The molecule has 1 aromatic rings. The Morgan fingerprint density at radius 2 is 1.85 bits per heavy atom. The van der Waals surface area contributed by atoms with Crippen molar-refractivity contribution >= 4 is 17.7 Å². The van der Waals surface area contributed by atoms with Crippen molar-refractivity contribution in [1.29, 1.82) is 0 Å². The fourth-order valence-electron chi connectivity index (χ4n) is 2.54. The summed E-state index contributed by atoms with van der Waals surface area (Å²) in [5.41, 5.74) is -0.224. The Kier molecular flexibility index (Phi) is 7.71. The van der Waals surface area contributed by atoms with Crippen LogP contribution in [0.15, 0.2) is 24.3 Å². The van der Waals surface area contributed by atoms with Gasteiger partial charge in [-0.1, -0.05) is 25.1 Å². The van der Waals surface area contributed by atoms with Crippen LogP contribution in [0.3, 0.4) is 0 Å². The zero-order valence-electron chi connectivity index (χ0n) is 16.1. The van der Waals surface area contributed by atoms with Gasteiger partial charge in [0.1, 0.15) is 6.61 Å². The predicted molar refractivity (Wildman–Crippen MR) is 97.7 cm³/mol. The molecule has 0 aliphatic heterocycles. The molecule has 1 aromatic carbocycles. The van der Waals surface area contributed by atoms with E-state index < -0.39 is 40.7 Å². The average molecular weight is 382 g/mol. The molecule has 150 valence electrons. The summed E-state index contributed by atoms with van der Waals surface area (Å²) in [4.78, 5) is 34.0. The highest BCUT2D eigenvalue weighted by Crippen LogP contribution is 2.26. The van der Waals surface area contributed by atoms with Crippen molar-refractivity contribution in [3.63, 3.8) is 0 Å². The minimum Gasteiger partial charge on any atom is -0.480 e. The minimum atomic E-state index is -1.29. The van der Waals surface area contributed by atoms with Crippen LogP contribution in [0, 0.1) is 10.1 Å². The molecule has 0 heterocycles. The fourth-order valence-corrected chi connectivity index (χ4v) is 2.54. The molecule has 27 heavy (non-hydrogen) atoms. The monoisotopic (exact) mass is 382 g/mol. The highest BCUT2D eigenvalue weighted by Gasteiger charge is 2.31. The van der Waals surface area contributed by atoms with E-state index in [1.807, 2.05) is 0 Å². The molecule has 2 N–H and O–H groups in total. The molecular weight excluding hydrogens is 356 g/mol. The highest BCUT2D eigenvalue weighted by atomic mass is 16.6. The quantitative estimate of drug-likeness (QED) is 0.522. The number of carboxylic acids is 1. The molecule has 9 heteroatoms. The summed E-state index contributed by atoms with van der Waals surface area (Å²) in [7, 11) is 0. The van der Waals surface area contributed by atoms with E-state index in [1.165, 1.54) is 6.07 Å². The number of carbonyl (C=O) groups excluding carboxylic acids is 1. The Morgan fingerprint density at radius 3 is 2.37 bits per heavy atom. The largest absolute Gasteiger partial charge is 0.480 e. The summed E-state index contributed by atoms with van der Waals surface area (Å²) in [6, 6.07) is 4.88. The third-order valence-corrected chi connectivity index (χ3v) is 3.68. The normalized spacial score (nSPS) is 14.7. The number of aliphatic carboxylic acids is 1. The Morgan fingerprint density at radius 1 is 1.26 bits per heavy atom. The molecular formula is C18H26N2O7. The van der Waals surface area contributed by atoms with Gasteiger partial charge in [0, 0.05) is 17.5 Å². The van der Waals surface area contributed by atoms with E-state index in [-0.39, 0.29) is 12.3 Å². The van der Waals surface area contributed by atoms with Crippen LogP contribution in [0.25, 0.3) is 0 Å². The molecule has 0 fully saturated rings. The van der Waals surface area contributed by atoms with Gasteiger partial charge in [0.2, 0.25) is 0 Å². The van der Waals surface area contributed by atoms with Gasteiger partial charge in [-0.15, -0.1) is 0 Å². The van der Waals surface area contributed by atoms with Crippen LogP contribution in [0.2, 0.25) is 0 Å². The van der Waals surface area contributed by atoms with Crippen LogP contribution < -0.4 is 5.32 Å². The predicted octanol–water partition coefficient (Wildman–Crippen LogP) is 3.08. The maximum Gasteiger partial charge on any atom is 0.407 e. The maximum absolute atomic E-state index is 12.0. The van der Waals surface area contributed by atoms with Gasteiger partial charge in [-0.3, -0.25) is 10.1 Å². The van der Waals surface area contributed by atoms with Gasteiger partial charge in [0.05, 0.1) is 16.6 Å². The molecule has 1 amide bonds. The third kappa shape index (κ3) is 7.22. The lowest BCUT2D eigenvalue weighted by atomic mass is 10.0. The molecule has 0 bridgehead atoms. The van der Waals surface area contributed by atoms with Gasteiger partial charge in [-0.25, -0.2) is 9.59 Å². The van der Waals surface area contributed by atoms with E-state index in [4.69, 9.17) is 9.47 Å². The SMILES string of the molecule is CC(COC(=O)N[C@H](C(=O)O)[C@@H](C)OC(C)(C)C)c1ccccc1[N+](=O)[O-]. The molecule has 0 radical (unpaired) electrons. The van der Waals surface area contributed by atoms with Crippen molar-refractivity contribution in [2.45, 2.75) is 58.3 Å². The zero-order chi connectivity index (χ0) is 20.8. The number of carbonyl (C=O) groups is 2. The molecule has 3 atom stereocenters. The third-order valence-electron chi connectivity index (χ3n) is 3.68. The van der Waals surface area contributed by atoms with Gasteiger partial charge in [0.25, 0.3) is 5.69 Å². The van der Waals surface area contributed by atoms with Crippen molar-refractivity contribution in [3.8, 4) is 0 Å². The molecule has 0 spiro atoms. The first kappa shape index (κ1) is 22.4. The Balaban J connectivity index is 2.70. The number of nitrogens with one attached hydrogen (secondary N) is 1. The van der Waals surface area contributed by atoms with E-state index in [0.29, 0.717) is 5.56 Å². The number of amides is 1. The molecule has 1 unspecified atom stereocenters. The summed E-state index contributed by atoms with van der Waals surface area (Å²) in [6.07, 6.45) is -1.72. The number of ether oxygens (including phenoxy) is 2. The van der Waals surface area contributed by atoms with Crippen LogP contribution in [-0.2, 0) is 14.3 Å². The van der Waals surface area contributed by atoms with Crippen molar-refractivity contribution < 1.29 is 29.1 Å². The second-order valence-corrected chi connectivity index (χ2v) is 7.21. The first-order valence-electron chi connectivity index (χ1n) is 8.49. The molecule has 0 saturated heterocycles. The van der Waals surface area contributed by atoms with Gasteiger partial charge >= 0.3 is 12.1 Å². The maximum atomic E-state index is 12.0. The summed E-state index contributed by atoms with van der Waals surface area (Å²) >= 11 is 0. The lowest BCUT2D eigenvalue weighted by Gasteiger charge is -2.29. The van der Waals surface area contributed by atoms with Crippen molar-refractivity contribution in [1.82, 2.24) is 5.32 Å². The van der Waals surface area contributed by atoms with Crippen LogP contribution in [-0.4, -0.2) is 46.4 Å². The number of alkyl carbamates (subject to hydrolysis) is 1. The number of carboxylic acid groups (broad SMARTS) is 1. The van der Waals surface area contributed by atoms with E-state index >= 15 is 0 Å². The number of hydrogen-bond acceptors (Lipinski definition) is 6. The number of rotatable bonds is 8. The van der Waals surface area contributed by atoms with Crippen molar-refractivity contribution in [2.24, 2.45) is 0 Å². The summed E-state index contributed by atoms with van der Waals surface area (Å²) < 4.78 is 10.6. The van der Waals surface area contributed by atoms with Crippen LogP contribution in [0.5, 0.6) is 0 Å². The topological polar surface area (TPSA) is 128 Å². The summed E-state index contributed by atoms with van der Waals surface area (Å²) in [5.74, 6) is -1.70. The lowest BCUT2D eigenvalue weighted by Crippen LogP contribution is -2.50. The first-order chi connectivity index (χ1) is 12.4. The number of para-hydroxylation sites is 1. The van der Waals surface area contributed by atoms with Crippen LogP contribution >= 0.6 is 0 Å². The van der Waals surface area contributed by atoms with Crippen LogP contribution in [0.4, 0.5) is 10.5 Å². The fraction of sp³-hybridized carbons (Fsp3) is 0.556. The van der Waals surface area contributed by atoms with Gasteiger partial charge in [-0.2, -0.15) is 0 Å². The van der Waals surface area contributed by atoms with Crippen molar-refractivity contribution in [3.05, 3.63) is 39.9 Å². The summed E-state index contributed by atoms with van der Waals surface area (Å²) in [5, 5.41) is 22.7. The van der Waals surface area contributed by atoms with E-state index in [9.17, 15) is 24.8 Å². The molecule has 9 nitrogen and oxygen atoms in total. The average Bonchev–Trinajstić information content (AvgIpc) is 2.55. The number of benzene rings is 1. The second-order valence-electron chi connectivity index (χ2n) is 7.21. The van der Waals surface area contributed by atoms with Gasteiger partial charge in [-0.05, 0) is 27.7 Å². The smallest absolute Gasteiger partial charge is 0.407 e. The van der Waals surface area contributed by atoms with E-state index in [2.05, 4.69) is 5.32 Å². The molecule has 1 rings (SSSR count). The number of nitrogens with zero attached hydrogens (tertiary/aromatic N) is 1. The molecule has 0 aliphatic carbocycles. The highest BCUT2D eigenvalue weighted by molar-refractivity contribution is 5.80. The van der Waals surface area contributed by atoms with E-state index in [1.54, 1.807) is 52.8 Å². The molecule has 0 saturated carbocycles. The lowest BCUT2D eigenvalue weighted by molar-refractivity contribution is -0.385. The Labute approximate surface area is 157 Å². The van der Waals surface area contributed by atoms with Gasteiger partial charge in [0.15, 0.2) is 6.04 Å². The Bertz CT molecular complexity index is 685. The van der Waals surface area contributed by atoms with Gasteiger partial charge < -0.3 is 19.9 Å². The Hall–Kier alpha value is -2.68. The standard InChI is InChI=1S/C18H26N2O7/c1-11(13-8-6-7-9-14(13)20(24)25)10-26-17(23)19-15(16(21)22)12(2)27-18(3,4)5/h6-9,11-12,15H,10H2,1-5H3,(H,19,23)(H,21,22)/t11?,12-,15+/m1/s1. The zero-order valence-corrected chi connectivity index (χ0v) is 16.1. The summed E-state index contributed by atoms with van der Waals surface area (Å²) in [6.45, 7) is 8.40. The van der Waals surface area contributed by atoms with Crippen molar-refractivity contribution in [2.75, 3.05) is 6.61 Å². The number of hydrogen-bond donors (Lipinski definition) is 2. The molecule has 0 aliphatic rings. The number of nitro benzene ring substituents is 1. The molecule has 0 aromatic heterocycles. The van der Waals surface area contributed by atoms with Crippen LogP contribution in [0.1, 0.15) is 46.1 Å². The van der Waals surface area contributed by atoms with E-state index in [0.717, 1.165) is 0 Å². The number of nitro groups is 1. The second kappa shape index (κ2) is 9.31. The minimum absolute atomic E-state index is 0.0652. The first-order valence-corrected chi connectivity index (χ1v) is 8.49.